The molecule has 0 aliphatic rings. The number of hydrogen-bond donors (Lipinski definition) is 1. The molecule has 0 radical (unpaired) electrons. The summed E-state index contributed by atoms with van der Waals surface area (Å²) in [6.45, 7) is 3.82. The molecular formula is C21H29NO2. The Hall–Kier alpha value is -2.16. The van der Waals surface area contributed by atoms with Gasteiger partial charge in [-0.15, -0.1) is 0 Å². The Bertz CT molecular complexity index is 581. The normalized spacial score (nSPS) is 10.4. The van der Waals surface area contributed by atoms with Crippen molar-refractivity contribution < 1.29 is 9.47 Å². The average Bonchev–Trinajstić information content (AvgIpc) is 2.64. The predicted molar refractivity (Wildman–Crippen MR) is 101 cm³/mol. The summed E-state index contributed by atoms with van der Waals surface area (Å²) in [4.78, 5) is 0. The van der Waals surface area contributed by atoms with Crippen molar-refractivity contribution in [2.24, 2.45) is 0 Å². The molecule has 0 spiro atoms. The first-order valence-corrected chi connectivity index (χ1v) is 8.91. The van der Waals surface area contributed by atoms with E-state index in [0.717, 1.165) is 36.8 Å². The lowest BCUT2D eigenvalue weighted by atomic mass is 10.2. The van der Waals surface area contributed by atoms with Crippen molar-refractivity contribution in [3.05, 3.63) is 54.1 Å². The van der Waals surface area contributed by atoms with Gasteiger partial charge in [0.25, 0.3) is 0 Å². The molecule has 0 unspecified atom stereocenters. The number of rotatable bonds is 11. The standard InChI is InChI=1S/C21H29NO2/c1-3-4-5-6-7-15-24-21-10-8-9-19(16-21)22-17-18-11-13-20(23-2)14-12-18/h8-14,16,22H,3-7,15,17H2,1-2H3. The summed E-state index contributed by atoms with van der Waals surface area (Å²) >= 11 is 0. The Morgan fingerprint density at radius 1 is 0.875 bits per heavy atom. The van der Waals surface area contributed by atoms with Gasteiger partial charge in [0.1, 0.15) is 11.5 Å². The van der Waals surface area contributed by atoms with Gasteiger partial charge < -0.3 is 14.8 Å². The van der Waals surface area contributed by atoms with Crippen molar-refractivity contribution in [2.75, 3.05) is 19.0 Å². The van der Waals surface area contributed by atoms with Crippen molar-refractivity contribution in [1.82, 2.24) is 0 Å². The summed E-state index contributed by atoms with van der Waals surface area (Å²) in [5.41, 5.74) is 2.30. The highest BCUT2D eigenvalue weighted by Crippen LogP contribution is 2.19. The summed E-state index contributed by atoms with van der Waals surface area (Å²) in [5, 5.41) is 3.44. The molecule has 0 aromatic heterocycles. The summed E-state index contributed by atoms with van der Waals surface area (Å²) in [6.07, 6.45) is 6.30. The fraction of sp³-hybridized carbons (Fsp3) is 0.429. The summed E-state index contributed by atoms with van der Waals surface area (Å²) < 4.78 is 11.0. The van der Waals surface area contributed by atoms with Crippen LogP contribution in [0.3, 0.4) is 0 Å². The molecule has 0 amide bonds. The summed E-state index contributed by atoms with van der Waals surface area (Å²) in [7, 11) is 1.68. The molecular weight excluding hydrogens is 298 g/mol. The van der Waals surface area contributed by atoms with Crippen LogP contribution < -0.4 is 14.8 Å². The van der Waals surface area contributed by atoms with E-state index in [1.165, 1.54) is 31.2 Å². The molecule has 0 saturated carbocycles. The monoisotopic (exact) mass is 327 g/mol. The Kier molecular flexibility index (Phi) is 8.02. The van der Waals surface area contributed by atoms with Crippen LogP contribution in [0.2, 0.25) is 0 Å². The molecule has 0 atom stereocenters. The number of anilines is 1. The van der Waals surface area contributed by atoms with E-state index in [2.05, 4.69) is 36.5 Å². The summed E-state index contributed by atoms with van der Waals surface area (Å²) in [6, 6.07) is 16.3. The van der Waals surface area contributed by atoms with Crippen LogP contribution in [0.15, 0.2) is 48.5 Å². The number of unbranched alkanes of at least 4 members (excludes halogenated alkanes) is 4. The van der Waals surface area contributed by atoms with Crippen LogP contribution in [-0.2, 0) is 6.54 Å². The van der Waals surface area contributed by atoms with Crippen molar-refractivity contribution >= 4 is 5.69 Å². The Morgan fingerprint density at radius 3 is 2.42 bits per heavy atom. The zero-order valence-electron chi connectivity index (χ0n) is 14.9. The van der Waals surface area contributed by atoms with Gasteiger partial charge >= 0.3 is 0 Å². The minimum atomic E-state index is 0.782. The van der Waals surface area contributed by atoms with Crippen LogP contribution in [0.1, 0.15) is 44.6 Å². The molecule has 1 N–H and O–H groups in total. The van der Waals surface area contributed by atoms with Gasteiger partial charge in [0, 0.05) is 18.3 Å². The van der Waals surface area contributed by atoms with Gasteiger partial charge in [-0.2, -0.15) is 0 Å². The van der Waals surface area contributed by atoms with Gasteiger partial charge in [0.15, 0.2) is 0 Å². The average molecular weight is 327 g/mol. The lowest BCUT2D eigenvalue weighted by molar-refractivity contribution is 0.304. The zero-order chi connectivity index (χ0) is 17.0. The van der Waals surface area contributed by atoms with E-state index in [1.807, 2.05) is 24.3 Å². The predicted octanol–water partition coefficient (Wildman–Crippen LogP) is 5.66. The molecule has 2 rings (SSSR count). The quantitative estimate of drug-likeness (QED) is 0.540. The molecule has 0 aliphatic heterocycles. The second-order valence-corrected chi connectivity index (χ2v) is 5.99. The van der Waals surface area contributed by atoms with Crippen LogP contribution in [0.4, 0.5) is 5.69 Å². The maximum absolute atomic E-state index is 5.85. The first-order chi connectivity index (χ1) is 11.8. The molecule has 130 valence electrons. The van der Waals surface area contributed by atoms with Crippen LogP contribution in [0.25, 0.3) is 0 Å². The van der Waals surface area contributed by atoms with Crippen LogP contribution in [0, 0.1) is 0 Å². The Morgan fingerprint density at radius 2 is 1.67 bits per heavy atom. The molecule has 0 saturated heterocycles. The number of hydrogen-bond acceptors (Lipinski definition) is 3. The molecule has 24 heavy (non-hydrogen) atoms. The number of ether oxygens (including phenoxy) is 2. The minimum absolute atomic E-state index is 0.782. The second-order valence-electron chi connectivity index (χ2n) is 5.99. The van der Waals surface area contributed by atoms with Crippen LogP contribution >= 0.6 is 0 Å². The Balaban J connectivity index is 1.75. The molecule has 0 aliphatic carbocycles. The lowest BCUT2D eigenvalue weighted by Crippen LogP contribution is -2.01. The van der Waals surface area contributed by atoms with Crippen molar-refractivity contribution in [1.29, 1.82) is 0 Å². The van der Waals surface area contributed by atoms with Gasteiger partial charge in [-0.3, -0.25) is 0 Å². The maximum atomic E-state index is 5.85. The first kappa shape index (κ1) is 18.2. The maximum Gasteiger partial charge on any atom is 0.121 e. The third kappa shape index (κ3) is 6.53. The number of methoxy groups -OCH3 is 1. The molecule has 0 fully saturated rings. The molecule has 0 heterocycles. The molecule has 3 nitrogen and oxygen atoms in total. The SMILES string of the molecule is CCCCCCCOc1cccc(NCc2ccc(OC)cc2)c1. The lowest BCUT2D eigenvalue weighted by Gasteiger charge is -2.10. The van der Waals surface area contributed by atoms with E-state index in [-0.39, 0.29) is 0 Å². The number of nitrogens with one attached hydrogen (secondary N) is 1. The van der Waals surface area contributed by atoms with E-state index >= 15 is 0 Å². The highest BCUT2D eigenvalue weighted by Gasteiger charge is 1.99. The Labute approximate surface area is 146 Å². The van der Waals surface area contributed by atoms with E-state index in [0.29, 0.717) is 0 Å². The molecule has 3 heteroatoms. The van der Waals surface area contributed by atoms with Gasteiger partial charge in [0.2, 0.25) is 0 Å². The highest BCUT2D eigenvalue weighted by atomic mass is 16.5. The van der Waals surface area contributed by atoms with Crippen molar-refractivity contribution in [3.8, 4) is 11.5 Å². The van der Waals surface area contributed by atoms with Gasteiger partial charge in [-0.05, 0) is 36.2 Å². The van der Waals surface area contributed by atoms with Gasteiger partial charge in [-0.1, -0.05) is 50.8 Å². The fourth-order valence-electron chi connectivity index (χ4n) is 2.54. The van der Waals surface area contributed by atoms with E-state index in [1.54, 1.807) is 7.11 Å². The molecule has 2 aromatic carbocycles. The van der Waals surface area contributed by atoms with Crippen molar-refractivity contribution in [2.45, 2.75) is 45.6 Å². The van der Waals surface area contributed by atoms with E-state index in [9.17, 15) is 0 Å². The van der Waals surface area contributed by atoms with Gasteiger partial charge in [0.05, 0.1) is 13.7 Å². The number of benzene rings is 2. The fourth-order valence-corrected chi connectivity index (χ4v) is 2.54. The third-order valence-electron chi connectivity index (χ3n) is 4.01. The minimum Gasteiger partial charge on any atom is -0.497 e. The smallest absolute Gasteiger partial charge is 0.121 e. The third-order valence-corrected chi connectivity index (χ3v) is 4.01. The largest absolute Gasteiger partial charge is 0.497 e. The van der Waals surface area contributed by atoms with Crippen molar-refractivity contribution in [3.63, 3.8) is 0 Å². The van der Waals surface area contributed by atoms with E-state index in [4.69, 9.17) is 9.47 Å². The molecule has 0 bridgehead atoms. The highest BCUT2D eigenvalue weighted by molar-refractivity contribution is 5.48. The van der Waals surface area contributed by atoms with Gasteiger partial charge in [-0.25, -0.2) is 0 Å². The topological polar surface area (TPSA) is 30.5 Å². The first-order valence-electron chi connectivity index (χ1n) is 8.91. The van der Waals surface area contributed by atoms with Crippen LogP contribution in [0.5, 0.6) is 11.5 Å². The zero-order valence-corrected chi connectivity index (χ0v) is 14.9. The summed E-state index contributed by atoms with van der Waals surface area (Å²) in [5.74, 6) is 1.82. The van der Waals surface area contributed by atoms with E-state index < -0.39 is 0 Å². The van der Waals surface area contributed by atoms with Crippen LogP contribution in [-0.4, -0.2) is 13.7 Å². The second kappa shape index (κ2) is 10.6. The molecule has 2 aromatic rings.